The topological polar surface area (TPSA) is 91.7 Å². The second-order valence-electron chi connectivity index (χ2n) is 7.38. The Labute approximate surface area is 188 Å². The van der Waals surface area contributed by atoms with Crippen molar-refractivity contribution in [2.45, 2.75) is 18.8 Å². The first kappa shape index (κ1) is 22.2. The van der Waals surface area contributed by atoms with Crippen LogP contribution in [0.3, 0.4) is 0 Å². The molecule has 3 aromatic carbocycles. The molecule has 168 valence electrons. The highest BCUT2D eigenvalue weighted by Crippen LogP contribution is 2.28. The number of hydrogen-bond acceptors (Lipinski definition) is 5. The van der Waals surface area contributed by atoms with Gasteiger partial charge in [0.25, 0.3) is 0 Å². The van der Waals surface area contributed by atoms with Crippen molar-refractivity contribution >= 4 is 22.6 Å². The van der Waals surface area contributed by atoms with Gasteiger partial charge in [-0.3, -0.25) is 0 Å². The molecule has 4 rings (SSSR count). The Kier molecular flexibility index (Phi) is 6.46. The quantitative estimate of drug-likeness (QED) is 0.361. The fraction of sp³-hybridized carbons (Fsp3) is 0.120. The molecule has 0 bridgehead atoms. The summed E-state index contributed by atoms with van der Waals surface area (Å²) in [6.07, 6.45) is -2.02. The van der Waals surface area contributed by atoms with Gasteiger partial charge in [-0.15, -0.1) is 0 Å². The fourth-order valence-electron chi connectivity index (χ4n) is 3.42. The molecule has 4 aromatic rings. The van der Waals surface area contributed by atoms with Crippen molar-refractivity contribution in [3.8, 4) is 5.75 Å². The first-order chi connectivity index (χ1) is 15.9. The van der Waals surface area contributed by atoms with Gasteiger partial charge in [-0.2, -0.15) is 0 Å². The van der Waals surface area contributed by atoms with Crippen LogP contribution in [0.15, 0.2) is 78.9 Å². The van der Waals surface area contributed by atoms with Crippen molar-refractivity contribution in [3.05, 3.63) is 102 Å². The third-order valence-electron chi connectivity index (χ3n) is 5.06. The summed E-state index contributed by atoms with van der Waals surface area (Å²) >= 11 is 0. The number of nitrogens with zero attached hydrogens (tertiary/aromatic N) is 1. The van der Waals surface area contributed by atoms with Gasteiger partial charge in [-0.1, -0.05) is 30.3 Å². The molecular weight excluding hydrogens is 430 g/mol. The number of carbonyl (C=O) groups is 1. The molecule has 0 aliphatic heterocycles. The van der Waals surface area contributed by atoms with Crippen LogP contribution in [-0.4, -0.2) is 27.3 Å². The number of pyridine rings is 1. The van der Waals surface area contributed by atoms with Crippen molar-refractivity contribution in [1.29, 1.82) is 0 Å². The molecule has 0 radical (unpaired) electrons. The lowest BCUT2D eigenvalue weighted by Gasteiger charge is -2.24. The van der Waals surface area contributed by atoms with Crippen LogP contribution in [0.5, 0.6) is 5.75 Å². The van der Waals surface area contributed by atoms with E-state index in [1.54, 1.807) is 24.3 Å². The average molecular weight is 450 g/mol. The minimum absolute atomic E-state index is 0.188. The van der Waals surface area contributed by atoms with Gasteiger partial charge in [-0.05, 0) is 42.5 Å². The van der Waals surface area contributed by atoms with Crippen LogP contribution in [-0.2, 0) is 11.4 Å². The molecule has 0 fully saturated rings. The Hall–Kier alpha value is -4.04. The van der Waals surface area contributed by atoms with E-state index >= 15 is 0 Å². The summed E-state index contributed by atoms with van der Waals surface area (Å²) in [6, 6.07) is 19.2. The highest BCUT2D eigenvalue weighted by molar-refractivity contribution is 5.78. The van der Waals surface area contributed by atoms with Crippen LogP contribution >= 0.6 is 0 Å². The van der Waals surface area contributed by atoms with E-state index in [1.165, 1.54) is 0 Å². The molecule has 0 saturated heterocycles. The molecule has 3 N–H and O–H groups in total. The zero-order valence-electron chi connectivity index (χ0n) is 17.3. The van der Waals surface area contributed by atoms with Crippen LogP contribution in [0, 0.1) is 11.6 Å². The number of para-hydroxylation sites is 1. The first-order valence-corrected chi connectivity index (χ1v) is 10.1. The van der Waals surface area contributed by atoms with E-state index in [4.69, 9.17) is 4.74 Å². The van der Waals surface area contributed by atoms with E-state index in [-0.39, 0.29) is 12.2 Å². The Morgan fingerprint density at radius 1 is 1.00 bits per heavy atom. The van der Waals surface area contributed by atoms with Crippen LogP contribution in [0.4, 0.5) is 14.5 Å². The second kappa shape index (κ2) is 9.62. The number of aromatic nitrogens is 1. The number of carboxylic acids is 1. The van der Waals surface area contributed by atoms with E-state index < -0.39 is 29.7 Å². The van der Waals surface area contributed by atoms with E-state index in [1.807, 2.05) is 36.4 Å². The summed E-state index contributed by atoms with van der Waals surface area (Å²) in [5, 5.41) is 23.2. The van der Waals surface area contributed by atoms with Gasteiger partial charge < -0.3 is 20.3 Å². The third-order valence-corrected chi connectivity index (χ3v) is 5.06. The van der Waals surface area contributed by atoms with E-state index in [0.717, 1.165) is 29.1 Å². The number of nitrogens with one attached hydrogen (secondary N) is 1. The minimum atomic E-state index is -2.02. The molecule has 0 spiro atoms. The standard InChI is InChI=1S/C25H20F2N2O4/c26-16-9-11-21(27)20(12-16)23(24(30)25(31)32)29-17-5-3-6-19(13-17)33-14-18-10-8-15-4-1-2-7-22(15)28-18/h1-13,23-24,29-30H,14H2,(H,31,32)/t23-,24-/m0/s1. The Morgan fingerprint density at radius 3 is 2.64 bits per heavy atom. The number of ether oxygens (including phenoxy) is 1. The monoisotopic (exact) mass is 450 g/mol. The number of fused-ring (bicyclic) bond motifs is 1. The maximum Gasteiger partial charge on any atom is 0.335 e. The number of hydrogen-bond donors (Lipinski definition) is 3. The van der Waals surface area contributed by atoms with Gasteiger partial charge in [0.1, 0.15) is 24.0 Å². The molecule has 0 saturated carbocycles. The predicted molar refractivity (Wildman–Crippen MR) is 119 cm³/mol. The zero-order chi connectivity index (χ0) is 23.4. The summed E-state index contributed by atoms with van der Waals surface area (Å²) in [5.74, 6) is -2.73. The molecular formula is C25H20F2N2O4. The Balaban J connectivity index is 1.53. The van der Waals surface area contributed by atoms with Gasteiger partial charge in [0.15, 0.2) is 6.10 Å². The van der Waals surface area contributed by atoms with Crippen LogP contribution in [0.2, 0.25) is 0 Å². The summed E-state index contributed by atoms with van der Waals surface area (Å²) in [5.41, 5.74) is 1.61. The second-order valence-corrected chi connectivity index (χ2v) is 7.38. The lowest BCUT2D eigenvalue weighted by Crippen LogP contribution is -2.33. The van der Waals surface area contributed by atoms with Crippen LogP contribution in [0.1, 0.15) is 17.3 Å². The van der Waals surface area contributed by atoms with Gasteiger partial charge in [0.05, 0.1) is 17.3 Å². The molecule has 0 amide bonds. The molecule has 6 nitrogen and oxygen atoms in total. The normalized spacial score (nSPS) is 12.8. The van der Waals surface area contributed by atoms with Crippen molar-refractivity contribution < 1.29 is 28.5 Å². The maximum atomic E-state index is 14.3. The van der Waals surface area contributed by atoms with Gasteiger partial charge in [0, 0.05) is 22.7 Å². The molecule has 0 aliphatic carbocycles. The van der Waals surface area contributed by atoms with Crippen LogP contribution in [0.25, 0.3) is 10.9 Å². The highest BCUT2D eigenvalue weighted by Gasteiger charge is 2.30. The highest BCUT2D eigenvalue weighted by atomic mass is 19.1. The summed E-state index contributed by atoms with van der Waals surface area (Å²) in [6.45, 7) is 0.188. The fourth-order valence-corrected chi connectivity index (χ4v) is 3.42. The number of halogens is 2. The molecule has 33 heavy (non-hydrogen) atoms. The number of aliphatic hydroxyl groups is 1. The SMILES string of the molecule is O=C(O)[C@@H](O)[C@@H](Nc1cccc(OCc2ccc3ccccc3n2)c1)c1cc(F)ccc1F. The third kappa shape index (κ3) is 5.24. The molecule has 1 aromatic heterocycles. The Bertz CT molecular complexity index is 1300. The largest absolute Gasteiger partial charge is 0.487 e. The van der Waals surface area contributed by atoms with Crippen molar-refractivity contribution in [3.63, 3.8) is 0 Å². The number of benzene rings is 3. The molecule has 0 unspecified atom stereocenters. The van der Waals surface area contributed by atoms with Gasteiger partial charge in [0.2, 0.25) is 0 Å². The molecule has 1 heterocycles. The number of carboxylic acid groups (broad SMARTS) is 1. The number of aliphatic hydroxyl groups excluding tert-OH is 1. The zero-order valence-corrected chi connectivity index (χ0v) is 17.3. The van der Waals surface area contributed by atoms with E-state index in [0.29, 0.717) is 17.1 Å². The summed E-state index contributed by atoms with van der Waals surface area (Å²) < 4.78 is 33.8. The van der Waals surface area contributed by atoms with Crippen LogP contribution < -0.4 is 10.1 Å². The summed E-state index contributed by atoms with van der Waals surface area (Å²) in [4.78, 5) is 15.9. The molecule has 8 heteroatoms. The lowest BCUT2D eigenvalue weighted by molar-refractivity contribution is -0.147. The minimum Gasteiger partial charge on any atom is -0.487 e. The van der Waals surface area contributed by atoms with Crippen molar-refractivity contribution in [2.24, 2.45) is 0 Å². The average Bonchev–Trinajstić information content (AvgIpc) is 2.82. The van der Waals surface area contributed by atoms with Gasteiger partial charge >= 0.3 is 5.97 Å². The lowest BCUT2D eigenvalue weighted by atomic mass is 10.00. The number of rotatable bonds is 8. The first-order valence-electron chi connectivity index (χ1n) is 10.1. The molecule has 2 atom stereocenters. The smallest absolute Gasteiger partial charge is 0.335 e. The molecule has 0 aliphatic rings. The van der Waals surface area contributed by atoms with Crippen molar-refractivity contribution in [2.75, 3.05) is 5.32 Å². The number of aliphatic carboxylic acids is 1. The Morgan fingerprint density at radius 2 is 1.82 bits per heavy atom. The van der Waals surface area contributed by atoms with Crippen molar-refractivity contribution in [1.82, 2.24) is 4.98 Å². The van der Waals surface area contributed by atoms with E-state index in [2.05, 4.69) is 10.3 Å². The number of anilines is 1. The van der Waals surface area contributed by atoms with Gasteiger partial charge in [-0.25, -0.2) is 18.6 Å². The van der Waals surface area contributed by atoms with E-state index in [9.17, 15) is 23.8 Å². The predicted octanol–water partition coefficient (Wildman–Crippen LogP) is 4.69. The summed E-state index contributed by atoms with van der Waals surface area (Å²) in [7, 11) is 0. The maximum absolute atomic E-state index is 14.3.